The van der Waals surface area contributed by atoms with Crippen LogP contribution in [0, 0.1) is 11.3 Å². The van der Waals surface area contributed by atoms with E-state index in [1.54, 1.807) is 17.2 Å². The van der Waals surface area contributed by atoms with E-state index in [0.29, 0.717) is 12.3 Å². The van der Waals surface area contributed by atoms with Crippen LogP contribution in [0.3, 0.4) is 0 Å². The van der Waals surface area contributed by atoms with Crippen molar-refractivity contribution in [1.82, 2.24) is 10.2 Å². The summed E-state index contributed by atoms with van der Waals surface area (Å²) >= 11 is 0. The Balaban J connectivity index is 2.33. The molecule has 0 bridgehead atoms. The molecule has 1 aliphatic heterocycles. The molecular weight excluding hydrogens is 268 g/mol. The van der Waals surface area contributed by atoms with Gasteiger partial charge in [-0.1, -0.05) is 34.6 Å². The van der Waals surface area contributed by atoms with Crippen molar-refractivity contribution >= 4 is 11.8 Å². The van der Waals surface area contributed by atoms with Crippen LogP contribution >= 0.6 is 0 Å². The van der Waals surface area contributed by atoms with Gasteiger partial charge >= 0.3 is 0 Å². The summed E-state index contributed by atoms with van der Waals surface area (Å²) in [5.41, 5.74) is -0.323. The summed E-state index contributed by atoms with van der Waals surface area (Å²) in [6, 6.07) is 2.65. The van der Waals surface area contributed by atoms with Crippen LogP contribution in [0.4, 0.5) is 0 Å². The van der Waals surface area contributed by atoms with Gasteiger partial charge < -0.3 is 14.6 Å². The minimum atomic E-state index is -0.505. The first-order valence-corrected chi connectivity index (χ1v) is 7.35. The Morgan fingerprint density at radius 1 is 1.33 bits per heavy atom. The van der Waals surface area contributed by atoms with Crippen LogP contribution in [0.15, 0.2) is 22.8 Å². The fourth-order valence-electron chi connectivity index (χ4n) is 2.73. The van der Waals surface area contributed by atoms with Gasteiger partial charge in [0.2, 0.25) is 11.8 Å². The van der Waals surface area contributed by atoms with Crippen LogP contribution in [0.2, 0.25) is 0 Å². The molecule has 2 unspecified atom stereocenters. The molecule has 21 heavy (non-hydrogen) atoms. The lowest BCUT2D eigenvalue weighted by Gasteiger charge is -2.44. The number of furan rings is 1. The number of hydrogen-bond donors (Lipinski definition) is 1. The van der Waals surface area contributed by atoms with Crippen molar-refractivity contribution in [3.05, 3.63) is 24.2 Å². The average molecular weight is 292 g/mol. The zero-order chi connectivity index (χ0) is 15.8. The van der Waals surface area contributed by atoms with Gasteiger partial charge in [-0.3, -0.25) is 9.59 Å². The summed E-state index contributed by atoms with van der Waals surface area (Å²) in [6.07, 6.45) is 1.58. The average Bonchev–Trinajstić information content (AvgIpc) is 2.84. The quantitative estimate of drug-likeness (QED) is 0.928. The standard InChI is InChI=1S/C16H24N2O3/c1-10(2)12-14(19)17-13(16(3,4)5)15(20)18(12)9-11-7-6-8-21-11/h6-8,10,12-13H,9H2,1-5H3,(H,17,19). The van der Waals surface area contributed by atoms with Crippen molar-refractivity contribution in [1.29, 1.82) is 0 Å². The second kappa shape index (κ2) is 5.54. The monoisotopic (exact) mass is 292 g/mol. The Morgan fingerprint density at radius 3 is 2.48 bits per heavy atom. The van der Waals surface area contributed by atoms with E-state index < -0.39 is 12.1 Å². The molecule has 1 fully saturated rings. The molecule has 5 nitrogen and oxygen atoms in total. The predicted molar refractivity (Wildman–Crippen MR) is 79.3 cm³/mol. The van der Waals surface area contributed by atoms with Crippen molar-refractivity contribution in [2.45, 2.75) is 53.2 Å². The van der Waals surface area contributed by atoms with E-state index in [0.717, 1.165) is 0 Å². The number of piperazine rings is 1. The fourth-order valence-corrected chi connectivity index (χ4v) is 2.73. The van der Waals surface area contributed by atoms with Crippen molar-refractivity contribution in [2.24, 2.45) is 11.3 Å². The number of rotatable bonds is 3. The third-order valence-electron chi connectivity index (χ3n) is 3.82. The summed E-state index contributed by atoms with van der Waals surface area (Å²) in [4.78, 5) is 26.9. The highest BCUT2D eigenvalue weighted by atomic mass is 16.3. The van der Waals surface area contributed by atoms with Crippen LogP contribution < -0.4 is 5.32 Å². The normalized spacial score (nSPS) is 23.6. The molecule has 2 amide bonds. The molecule has 1 saturated heterocycles. The van der Waals surface area contributed by atoms with Crippen molar-refractivity contribution in [3.63, 3.8) is 0 Å². The largest absolute Gasteiger partial charge is 0.467 e. The van der Waals surface area contributed by atoms with Gasteiger partial charge in [-0.2, -0.15) is 0 Å². The lowest BCUT2D eigenvalue weighted by molar-refractivity contribution is -0.155. The predicted octanol–water partition coefficient (Wildman–Crippen LogP) is 2.18. The molecule has 1 aromatic rings. The lowest BCUT2D eigenvalue weighted by Crippen LogP contribution is -2.67. The molecule has 116 valence electrons. The first-order valence-electron chi connectivity index (χ1n) is 7.35. The lowest BCUT2D eigenvalue weighted by atomic mass is 9.82. The van der Waals surface area contributed by atoms with E-state index in [9.17, 15) is 9.59 Å². The molecule has 1 N–H and O–H groups in total. The molecule has 1 aromatic heterocycles. The molecule has 0 radical (unpaired) electrons. The number of carbonyl (C=O) groups is 2. The Labute approximate surface area is 125 Å². The van der Waals surface area contributed by atoms with E-state index in [-0.39, 0.29) is 23.1 Å². The Morgan fingerprint density at radius 2 is 2.00 bits per heavy atom. The zero-order valence-corrected chi connectivity index (χ0v) is 13.3. The molecule has 2 heterocycles. The minimum absolute atomic E-state index is 0.0443. The number of nitrogens with one attached hydrogen (secondary N) is 1. The highest BCUT2D eigenvalue weighted by molar-refractivity contribution is 5.97. The van der Waals surface area contributed by atoms with Gasteiger partial charge in [-0.15, -0.1) is 0 Å². The maximum atomic E-state index is 12.8. The van der Waals surface area contributed by atoms with Crippen LogP contribution in [0.1, 0.15) is 40.4 Å². The molecule has 0 aromatic carbocycles. The molecule has 0 saturated carbocycles. The summed E-state index contributed by atoms with van der Waals surface area (Å²) in [7, 11) is 0. The van der Waals surface area contributed by atoms with E-state index in [1.165, 1.54) is 0 Å². The van der Waals surface area contributed by atoms with Gasteiger partial charge in [0.15, 0.2) is 0 Å². The van der Waals surface area contributed by atoms with Gasteiger partial charge in [0.1, 0.15) is 17.8 Å². The van der Waals surface area contributed by atoms with E-state index in [2.05, 4.69) is 5.32 Å². The van der Waals surface area contributed by atoms with Crippen molar-refractivity contribution < 1.29 is 14.0 Å². The number of carbonyl (C=O) groups excluding carboxylic acids is 2. The first-order chi connectivity index (χ1) is 9.71. The molecule has 0 spiro atoms. The highest BCUT2D eigenvalue weighted by Gasteiger charge is 2.46. The number of nitrogens with zero attached hydrogens (tertiary/aromatic N) is 1. The maximum absolute atomic E-state index is 12.8. The SMILES string of the molecule is CC(C)C1C(=O)NC(C(C)(C)C)C(=O)N1Cc1ccco1. The van der Waals surface area contributed by atoms with Crippen molar-refractivity contribution in [3.8, 4) is 0 Å². The molecule has 2 atom stereocenters. The van der Waals surface area contributed by atoms with E-state index >= 15 is 0 Å². The van der Waals surface area contributed by atoms with Crippen molar-refractivity contribution in [2.75, 3.05) is 0 Å². The zero-order valence-electron chi connectivity index (χ0n) is 13.3. The Hall–Kier alpha value is -1.78. The smallest absolute Gasteiger partial charge is 0.246 e. The summed E-state index contributed by atoms with van der Waals surface area (Å²) < 4.78 is 5.34. The topological polar surface area (TPSA) is 62.6 Å². The van der Waals surface area contributed by atoms with Gasteiger partial charge in [0.05, 0.1) is 12.8 Å². The maximum Gasteiger partial charge on any atom is 0.246 e. The van der Waals surface area contributed by atoms with Crippen LogP contribution in [0.5, 0.6) is 0 Å². The summed E-state index contributed by atoms with van der Waals surface area (Å²) in [5.74, 6) is 0.606. The Kier molecular flexibility index (Phi) is 4.12. The molecule has 0 aliphatic carbocycles. The first kappa shape index (κ1) is 15.6. The Bertz CT molecular complexity index is 514. The number of amides is 2. The van der Waals surface area contributed by atoms with Crippen LogP contribution in [0.25, 0.3) is 0 Å². The third-order valence-corrected chi connectivity index (χ3v) is 3.82. The molecule has 1 aliphatic rings. The third kappa shape index (κ3) is 3.12. The minimum Gasteiger partial charge on any atom is -0.467 e. The van der Waals surface area contributed by atoms with Gasteiger partial charge in [-0.05, 0) is 23.5 Å². The molecular formula is C16H24N2O3. The highest BCUT2D eigenvalue weighted by Crippen LogP contribution is 2.28. The summed E-state index contributed by atoms with van der Waals surface area (Å²) in [6.45, 7) is 10.1. The van der Waals surface area contributed by atoms with E-state index in [4.69, 9.17) is 4.42 Å². The van der Waals surface area contributed by atoms with E-state index in [1.807, 2.05) is 40.7 Å². The molecule has 2 rings (SSSR count). The van der Waals surface area contributed by atoms with Gasteiger partial charge in [-0.25, -0.2) is 0 Å². The van der Waals surface area contributed by atoms with Crippen LogP contribution in [-0.4, -0.2) is 28.8 Å². The number of hydrogen-bond acceptors (Lipinski definition) is 3. The molecule has 5 heteroatoms. The van der Waals surface area contributed by atoms with Gasteiger partial charge in [0, 0.05) is 0 Å². The van der Waals surface area contributed by atoms with Crippen LogP contribution in [-0.2, 0) is 16.1 Å². The second-order valence-corrected chi connectivity index (χ2v) is 7.04. The summed E-state index contributed by atoms with van der Waals surface area (Å²) in [5, 5.41) is 2.89. The van der Waals surface area contributed by atoms with Gasteiger partial charge in [0.25, 0.3) is 0 Å². The fraction of sp³-hybridized carbons (Fsp3) is 0.625. The second-order valence-electron chi connectivity index (χ2n) is 7.04.